The van der Waals surface area contributed by atoms with Crippen molar-refractivity contribution in [1.82, 2.24) is 5.43 Å². The van der Waals surface area contributed by atoms with Gasteiger partial charge in [-0.2, -0.15) is 5.10 Å². The molecule has 0 aromatic heterocycles. The summed E-state index contributed by atoms with van der Waals surface area (Å²) < 4.78 is 40.8. The van der Waals surface area contributed by atoms with Crippen LogP contribution in [0.5, 0.6) is 11.5 Å². The average molecular weight is 464 g/mol. The molecule has 2 aromatic rings. The molecule has 32 heavy (non-hydrogen) atoms. The predicted octanol–water partition coefficient (Wildman–Crippen LogP) is 1.55. The Balaban J connectivity index is 2.06. The molecule has 0 spiro atoms. The van der Waals surface area contributed by atoms with Crippen LogP contribution in [0.2, 0.25) is 0 Å². The molecule has 1 N–H and O–H groups in total. The molecule has 172 valence electrons. The van der Waals surface area contributed by atoms with E-state index in [0.29, 0.717) is 23.7 Å². The molecule has 0 aliphatic rings. The minimum absolute atomic E-state index is 0.238. The monoisotopic (exact) mass is 463 g/mol. The summed E-state index contributed by atoms with van der Waals surface area (Å²) in [6, 6.07) is 13.2. The Kier molecular flexibility index (Phi) is 9.02. The Labute approximate surface area is 186 Å². The van der Waals surface area contributed by atoms with E-state index in [9.17, 15) is 18.0 Å². The number of anilines is 1. The number of hydrogen-bond acceptors (Lipinski definition) is 8. The Morgan fingerprint density at radius 2 is 1.88 bits per heavy atom. The maximum absolute atomic E-state index is 12.4. The van der Waals surface area contributed by atoms with Crippen LogP contribution in [0.3, 0.4) is 0 Å². The Morgan fingerprint density at radius 3 is 2.56 bits per heavy atom. The number of nitrogens with one attached hydrogen (secondary N) is 1. The first-order valence-corrected chi connectivity index (χ1v) is 11.4. The summed E-state index contributed by atoms with van der Waals surface area (Å²) >= 11 is 0. The number of nitrogens with zero attached hydrogens (tertiary/aromatic N) is 2. The second-order valence-electron chi connectivity index (χ2n) is 6.40. The van der Waals surface area contributed by atoms with Crippen molar-refractivity contribution in [2.45, 2.75) is 6.92 Å². The zero-order valence-corrected chi connectivity index (χ0v) is 18.8. The van der Waals surface area contributed by atoms with Gasteiger partial charge in [-0.3, -0.25) is 9.10 Å². The molecule has 0 aliphatic carbocycles. The quantitative estimate of drug-likeness (QED) is 0.305. The summed E-state index contributed by atoms with van der Waals surface area (Å²) in [4.78, 5) is 23.5. The first-order chi connectivity index (χ1) is 15.2. The molecule has 2 aromatic carbocycles. The number of para-hydroxylation sites is 2. The molecule has 0 heterocycles. The SMILES string of the molecule is CCOc1ccccc1N(CC(=O)N/N=C\c1cccc(OCC(=O)OC)c1)S(C)(=O)=O. The number of amides is 1. The van der Waals surface area contributed by atoms with E-state index in [1.54, 1.807) is 55.5 Å². The highest BCUT2D eigenvalue weighted by Crippen LogP contribution is 2.29. The Bertz CT molecular complexity index is 1070. The summed E-state index contributed by atoms with van der Waals surface area (Å²) in [6.45, 7) is 1.40. The number of sulfonamides is 1. The van der Waals surface area contributed by atoms with Crippen LogP contribution in [-0.4, -0.2) is 59.6 Å². The zero-order chi connectivity index (χ0) is 23.6. The van der Waals surface area contributed by atoms with Crippen molar-refractivity contribution in [2.75, 3.05) is 37.4 Å². The van der Waals surface area contributed by atoms with Crippen LogP contribution in [0.25, 0.3) is 0 Å². The third-order valence-electron chi connectivity index (χ3n) is 3.97. The van der Waals surface area contributed by atoms with E-state index in [1.807, 2.05) is 0 Å². The Hall–Kier alpha value is -3.60. The van der Waals surface area contributed by atoms with Crippen molar-refractivity contribution < 1.29 is 32.2 Å². The number of hydrogen-bond donors (Lipinski definition) is 1. The van der Waals surface area contributed by atoms with Gasteiger partial charge in [0.15, 0.2) is 6.61 Å². The van der Waals surface area contributed by atoms with Crippen molar-refractivity contribution >= 4 is 33.8 Å². The van der Waals surface area contributed by atoms with Gasteiger partial charge >= 0.3 is 5.97 Å². The molecule has 1 amide bonds. The predicted molar refractivity (Wildman–Crippen MR) is 119 cm³/mol. The Morgan fingerprint density at radius 1 is 1.12 bits per heavy atom. The van der Waals surface area contributed by atoms with Gasteiger partial charge in [0.05, 0.1) is 31.9 Å². The number of esters is 1. The molecule has 0 fully saturated rings. The molecule has 0 bridgehead atoms. The van der Waals surface area contributed by atoms with E-state index in [0.717, 1.165) is 10.6 Å². The fourth-order valence-electron chi connectivity index (χ4n) is 2.55. The zero-order valence-electron chi connectivity index (χ0n) is 18.0. The van der Waals surface area contributed by atoms with Crippen LogP contribution in [0.1, 0.15) is 12.5 Å². The molecule has 0 radical (unpaired) electrons. The molecule has 0 atom stereocenters. The lowest BCUT2D eigenvalue weighted by atomic mass is 10.2. The number of methoxy groups -OCH3 is 1. The number of carbonyl (C=O) groups excluding carboxylic acids is 2. The van der Waals surface area contributed by atoms with E-state index in [-0.39, 0.29) is 12.3 Å². The van der Waals surface area contributed by atoms with Crippen molar-refractivity contribution in [3.63, 3.8) is 0 Å². The van der Waals surface area contributed by atoms with Gasteiger partial charge in [0.25, 0.3) is 5.91 Å². The summed E-state index contributed by atoms with van der Waals surface area (Å²) in [5.74, 6) is -0.393. The lowest BCUT2D eigenvalue weighted by Gasteiger charge is -2.23. The topological polar surface area (TPSA) is 124 Å². The first-order valence-electron chi connectivity index (χ1n) is 9.55. The molecular formula is C21H25N3O7S. The maximum atomic E-state index is 12.4. The molecule has 0 unspecified atom stereocenters. The van der Waals surface area contributed by atoms with Crippen LogP contribution in [0.4, 0.5) is 5.69 Å². The van der Waals surface area contributed by atoms with Crippen molar-refractivity contribution in [3.05, 3.63) is 54.1 Å². The van der Waals surface area contributed by atoms with Crippen LogP contribution in [0, 0.1) is 0 Å². The van der Waals surface area contributed by atoms with Gasteiger partial charge in [0.2, 0.25) is 10.0 Å². The molecular weight excluding hydrogens is 438 g/mol. The van der Waals surface area contributed by atoms with E-state index in [4.69, 9.17) is 9.47 Å². The fraction of sp³-hybridized carbons (Fsp3) is 0.286. The lowest BCUT2D eigenvalue weighted by Crippen LogP contribution is -2.39. The van der Waals surface area contributed by atoms with E-state index in [1.165, 1.54) is 13.3 Å². The summed E-state index contributed by atoms with van der Waals surface area (Å²) in [5, 5.41) is 3.86. The second kappa shape index (κ2) is 11.7. The van der Waals surface area contributed by atoms with Crippen molar-refractivity contribution in [1.29, 1.82) is 0 Å². The smallest absolute Gasteiger partial charge is 0.343 e. The average Bonchev–Trinajstić information content (AvgIpc) is 2.76. The molecule has 10 nitrogen and oxygen atoms in total. The third kappa shape index (κ3) is 7.58. The molecule has 0 saturated heterocycles. The number of carbonyl (C=O) groups is 2. The van der Waals surface area contributed by atoms with E-state index in [2.05, 4.69) is 15.3 Å². The summed E-state index contributed by atoms with van der Waals surface area (Å²) in [6.07, 6.45) is 2.37. The summed E-state index contributed by atoms with van der Waals surface area (Å²) in [7, 11) is -2.50. The van der Waals surface area contributed by atoms with Crippen LogP contribution in [0.15, 0.2) is 53.6 Å². The molecule has 2 rings (SSSR count). The fourth-order valence-corrected chi connectivity index (χ4v) is 3.41. The highest BCUT2D eigenvalue weighted by Gasteiger charge is 2.23. The first kappa shape index (κ1) is 24.7. The van der Waals surface area contributed by atoms with Gasteiger partial charge in [-0.1, -0.05) is 24.3 Å². The van der Waals surface area contributed by atoms with Crippen molar-refractivity contribution in [2.24, 2.45) is 5.10 Å². The third-order valence-corrected chi connectivity index (χ3v) is 5.09. The van der Waals surface area contributed by atoms with E-state index < -0.39 is 28.4 Å². The van der Waals surface area contributed by atoms with Crippen LogP contribution < -0.4 is 19.2 Å². The number of ether oxygens (including phenoxy) is 3. The second-order valence-corrected chi connectivity index (χ2v) is 8.31. The number of benzene rings is 2. The van der Waals surface area contributed by atoms with Gasteiger partial charge < -0.3 is 14.2 Å². The molecule has 0 aliphatic heterocycles. The van der Waals surface area contributed by atoms with Crippen LogP contribution in [-0.2, 0) is 24.3 Å². The van der Waals surface area contributed by atoms with E-state index >= 15 is 0 Å². The standard InChI is InChI=1S/C21H25N3O7S/c1-4-30-19-11-6-5-10-18(19)24(32(3,27)28)14-20(25)23-22-13-16-8-7-9-17(12-16)31-15-21(26)29-2/h5-13H,4,14-15H2,1-3H3,(H,23,25)/b22-13-. The molecule has 0 saturated carbocycles. The number of rotatable bonds is 11. The van der Waals surface area contributed by atoms with Gasteiger partial charge in [0.1, 0.15) is 18.0 Å². The maximum Gasteiger partial charge on any atom is 0.343 e. The highest BCUT2D eigenvalue weighted by atomic mass is 32.2. The number of hydrazone groups is 1. The largest absolute Gasteiger partial charge is 0.492 e. The molecule has 11 heteroatoms. The van der Waals surface area contributed by atoms with Crippen LogP contribution >= 0.6 is 0 Å². The van der Waals surface area contributed by atoms with Crippen molar-refractivity contribution in [3.8, 4) is 11.5 Å². The highest BCUT2D eigenvalue weighted by molar-refractivity contribution is 7.92. The summed E-state index contributed by atoms with van der Waals surface area (Å²) in [5.41, 5.74) is 3.15. The van der Waals surface area contributed by atoms with Gasteiger partial charge in [-0.25, -0.2) is 18.6 Å². The van der Waals surface area contributed by atoms with Gasteiger partial charge in [-0.05, 0) is 36.8 Å². The minimum Gasteiger partial charge on any atom is -0.492 e. The van der Waals surface area contributed by atoms with Gasteiger partial charge in [-0.15, -0.1) is 0 Å². The van der Waals surface area contributed by atoms with Gasteiger partial charge in [0, 0.05) is 0 Å². The normalized spacial score (nSPS) is 11.1. The lowest BCUT2D eigenvalue weighted by molar-refractivity contribution is -0.142. The minimum atomic E-state index is -3.77.